The Morgan fingerprint density at radius 2 is 2.11 bits per heavy atom. The van der Waals surface area contributed by atoms with Crippen LogP contribution in [-0.2, 0) is 0 Å². The van der Waals surface area contributed by atoms with E-state index in [1.165, 1.54) is 12.3 Å². The van der Waals surface area contributed by atoms with Gasteiger partial charge in [0.2, 0.25) is 0 Å². The van der Waals surface area contributed by atoms with Gasteiger partial charge in [0.1, 0.15) is 0 Å². The molecule has 4 nitrogen and oxygen atoms in total. The number of nitrogens with one attached hydrogen (secondary N) is 1. The molecular formula is C10H15Cl2F2N3O. The molecule has 1 rings (SSSR count). The molecule has 0 saturated heterocycles. The Kier molecular flexibility index (Phi) is 8.80. The van der Waals surface area contributed by atoms with E-state index in [0.717, 1.165) is 0 Å². The minimum absolute atomic E-state index is 0. The van der Waals surface area contributed by atoms with Crippen molar-refractivity contribution in [2.24, 2.45) is 5.73 Å². The molecule has 0 aliphatic heterocycles. The number of carbonyl (C=O) groups excluding carboxylic acids is 1. The van der Waals surface area contributed by atoms with Crippen LogP contribution < -0.4 is 11.1 Å². The van der Waals surface area contributed by atoms with Gasteiger partial charge in [0.15, 0.2) is 0 Å². The summed E-state index contributed by atoms with van der Waals surface area (Å²) in [5.41, 5.74) is 5.63. The number of nitrogens with two attached hydrogens (primary N) is 1. The van der Waals surface area contributed by atoms with Crippen LogP contribution in [0.2, 0.25) is 0 Å². The number of pyridine rings is 1. The van der Waals surface area contributed by atoms with Crippen molar-refractivity contribution in [2.45, 2.75) is 12.8 Å². The van der Waals surface area contributed by atoms with E-state index in [9.17, 15) is 13.6 Å². The Balaban J connectivity index is 0. The van der Waals surface area contributed by atoms with E-state index in [-0.39, 0.29) is 30.4 Å². The molecule has 0 aliphatic carbocycles. The summed E-state index contributed by atoms with van der Waals surface area (Å²) in [7, 11) is 0. The number of rotatable bonds is 4. The first-order valence-electron chi connectivity index (χ1n) is 4.74. The van der Waals surface area contributed by atoms with Gasteiger partial charge in [-0.3, -0.25) is 9.78 Å². The number of nitrogens with zero attached hydrogens (tertiary/aromatic N) is 1. The van der Waals surface area contributed by atoms with E-state index in [1.807, 2.05) is 0 Å². The van der Waals surface area contributed by atoms with Gasteiger partial charge in [0.25, 0.3) is 11.8 Å². The van der Waals surface area contributed by atoms with E-state index in [0.29, 0.717) is 5.69 Å². The number of alkyl halides is 2. The van der Waals surface area contributed by atoms with Crippen molar-refractivity contribution in [3.05, 3.63) is 29.6 Å². The van der Waals surface area contributed by atoms with Crippen molar-refractivity contribution >= 4 is 30.7 Å². The zero-order chi connectivity index (χ0) is 12.2. The van der Waals surface area contributed by atoms with Gasteiger partial charge in [-0.05, 0) is 19.1 Å². The number of hydrogen-bond donors (Lipinski definition) is 2. The first-order chi connectivity index (χ1) is 7.46. The SMILES string of the molecule is Cc1ncccc1C(=O)NCC(F)(F)CN.Cl.Cl. The van der Waals surface area contributed by atoms with E-state index in [4.69, 9.17) is 5.73 Å². The van der Waals surface area contributed by atoms with Crippen LogP contribution >= 0.6 is 24.8 Å². The van der Waals surface area contributed by atoms with Crippen LogP contribution in [0.4, 0.5) is 8.78 Å². The third-order valence-electron chi connectivity index (χ3n) is 2.06. The Morgan fingerprint density at radius 1 is 1.50 bits per heavy atom. The molecule has 0 spiro atoms. The summed E-state index contributed by atoms with van der Waals surface area (Å²) in [5.74, 6) is -3.65. The van der Waals surface area contributed by atoms with E-state index in [1.54, 1.807) is 13.0 Å². The molecule has 8 heteroatoms. The lowest BCUT2D eigenvalue weighted by Gasteiger charge is -2.14. The average molecular weight is 302 g/mol. The average Bonchev–Trinajstić information content (AvgIpc) is 2.27. The number of halogens is 4. The minimum Gasteiger partial charge on any atom is -0.346 e. The van der Waals surface area contributed by atoms with E-state index in [2.05, 4.69) is 10.3 Å². The molecule has 0 atom stereocenters. The largest absolute Gasteiger partial charge is 0.346 e. The summed E-state index contributed by atoms with van der Waals surface area (Å²) in [5, 5.41) is 2.12. The fraction of sp³-hybridized carbons (Fsp3) is 0.400. The summed E-state index contributed by atoms with van der Waals surface area (Å²) in [4.78, 5) is 15.4. The predicted molar refractivity (Wildman–Crippen MR) is 69.8 cm³/mol. The summed E-state index contributed by atoms with van der Waals surface area (Å²) in [6, 6.07) is 3.10. The third kappa shape index (κ3) is 5.57. The van der Waals surface area contributed by atoms with Crippen LogP contribution in [0.1, 0.15) is 16.1 Å². The van der Waals surface area contributed by atoms with Crippen LogP contribution in [0.15, 0.2) is 18.3 Å². The molecule has 0 saturated carbocycles. The second-order valence-electron chi connectivity index (χ2n) is 3.38. The maximum Gasteiger partial charge on any atom is 0.277 e. The molecule has 0 aliphatic rings. The summed E-state index contributed by atoms with van der Waals surface area (Å²) < 4.78 is 25.5. The second kappa shape index (κ2) is 8.18. The van der Waals surface area contributed by atoms with Gasteiger partial charge >= 0.3 is 0 Å². The second-order valence-corrected chi connectivity index (χ2v) is 3.38. The highest BCUT2D eigenvalue weighted by molar-refractivity contribution is 5.95. The van der Waals surface area contributed by atoms with E-state index >= 15 is 0 Å². The highest BCUT2D eigenvalue weighted by Crippen LogP contribution is 2.10. The van der Waals surface area contributed by atoms with Crippen LogP contribution in [0.3, 0.4) is 0 Å². The van der Waals surface area contributed by atoms with Gasteiger partial charge < -0.3 is 11.1 Å². The van der Waals surface area contributed by atoms with Crippen molar-refractivity contribution in [3.8, 4) is 0 Å². The maximum atomic E-state index is 12.8. The summed E-state index contributed by atoms with van der Waals surface area (Å²) >= 11 is 0. The molecule has 0 bridgehead atoms. The molecule has 0 radical (unpaired) electrons. The van der Waals surface area contributed by atoms with Crippen LogP contribution in [0.5, 0.6) is 0 Å². The monoisotopic (exact) mass is 301 g/mol. The zero-order valence-corrected chi connectivity index (χ0v) is 11.3. The molecule has 1 amide bonds. The van der Waals surface area contributed by atoms with Gasteiger partial charge in [-0.25, -0.2) is 8.78 Å². The first-order valence-corrected chi connectivity index (χ1v) is 4.74. The number of aryl methyl sites for hydroxylation is 1. The number of hydrogen-bond acceptors (Lipinski definition) is 3. The van der Waals surface area contributed by atoms with Crippen molar-refractivity contribution in [2.75, 3.05) is 13.1 Å². The molecule has 0 unspecified atom stereocenters. The van der Waals surface area contributed by atoms with Gasteiger partial charge in [-0.1, -0.05) is 0 Å². The van der Waals surface area contributed by atoms with Crippen LogP contribution in [-0.4, -0.2) is 29.9 Å². The van der Waals surface area contributed by atoms with Crippen molar-refractivity contribution in [1.82, 2.24) is 10.3 Å². The van der Waals surface area contributed by atoms with Crippen LogP contribution in [0.25, 0.3) is 0 Å². The van der Waals surface area contributed by atoms with Crippen molar-refractivity contribution in [3.63, 3.8) is 0 Å². The standard InChI is InChI=1S/C10H13F2N3O.2ClH/c1-7-8(3-2-4-14-7)9(16)15-6-10(11,12)5-13;;/h2-4H,5-6,13H2,1H3,(H,15,16);2*1H. The lowest BCUT2D eigenvalue weighted by atomic mass is 10.2. The van der Waals surface area contributed by atoms with Crippen molar-refractivity contribution < 1.29 is 13.6 Å². The zero-order valence-electron chi connectivity index (χ0n) is 9.65. The molecule has 1 aromatic rings. The molecule has 1 heterocycles. The molecule has 0 fully saturated rings. The third-order valence-corrected chi connectivity index (χ3v) is 2.06. The Labute approximate surface area is 116 Å². The van der Waals surface area contributed by atoms with Crippen molar-refractivity contribution in [1.29, 1.82) is 0 Å². The summed E-state index contributed by atoms with van der Waals surface area (Å²) in [6.07, 6.45) is 1.53. The predicted octanol–water partition coefficient (Wildman–Crippen LogP) is 1.56. The molecule has 1 aromatic heterocycles. The number of amides is 1. The lowest BCUT2D eigenvalue weighted by Crippen LogP contribution is -2.41. The first kappa shape index (κ1) is 19.4. The summed E-state index contributed by atoms with van der Waals surface area (Å²) in [6.45, 7) is 0.0754. The molecule has 104 valence electrons. The van der Waals surface area contributed by atoms with Gasteiger partial charge in [0, 0.05) is 11.9 Å². The Morgan fingerprint density at radius 3 is 2.61 bits per heavy atom. The smallest absolute Gasteiger partial charge is 0.277 e. The Bertz CT molecular complexity index is 391. The van der Waals surface area contributed by atoms with E-state index < -0.39 is 24.9 Å². The number of aromatic nitrogens is 1. The normalized spacial score (nSPS) is 10.0. The lowest BCUT2D eigenvalue weighted by molar-refractivity contribution is 0.0118. The molecule has 18 heavy (non-hydrogen) atoms. The molecular weight excluding hydrogens is 287 g/mol. The Hall–Kier alpha value is -0.980. The fourth-order valence-corrected chi connectivity index (χ4v) is 1.10. The fourth-order valence-electron chi connectivity index (χ4n) is 1.10. The minimum atomic E-state index is -3.08. The van der Waals surface area contributed by atoms with Crippen LogP contribution in [0, 0.1) is 6.92 Å². The maximum absolute atomic E-state index is 12.8. The molecule has 0 aromatic carbocycles. The van der Waals surface area contributed by atoms with Gasteiger partial charge in [-0.15, -0.1) is 24.8 Å². The highest BCUT2D eigenvalue weighted by atomic mass is 35.5. The highest BCUT2D eigenvalue weighted by Gasteiger charge is 2.27. The van der Waals surface area contributed by atoms with Gasteiger partial charge in [-0.2, -0.15) is 0 Å². The van der Waals surface area contributed by atoms with Gasteiger partial charge in [0.05, 0.1) is 18.7 Å². The molecule has 3 N–H and O–H groups in total. The number of carbonyl (C=O) groups is 1. The topological polar surface area (TPSA) is 68.0 Å². The quantitative estimate of drug-likeness (QED) is 0.887.